The Kier molecular flexibility index (Phi) is 2.11. The molecule has 0 fully saturated rings. The largest absolute Gasteiger partial charge is 0.497 e. The Morgan fingerprint density at radius 1 is 1.43 bits per heavy atom. The summed E-state index contributed by atoms with van der Waals surface area (Å²) in [4.78, 5) is 0.336. The van der Waals surface area contributed by atoms with Crippen LogP contribution in [0.1, 0.15) is 0 Å². The first-order valence-electron chi connectivity index (χ1n) is 4.28. The van der Waals surface area contributed by atoms with Gasteiger partial charge in [0.2, 0.25) is 0 Å². The second-order valence-corrected chi connectivity index (χ2v) is 5.19. The molecule has 5 heteroatoms. The van der Waals surface area contributed by atoms with Gasteiger partial charge in [-0.25, -0.2) is 8.42 Å². The summed E-state index contributed by atoms with van der Waals surface area (Å²) in [5.74, 6) is 0.712. The van der Waals surface area contributed by atoms with Crippen LogP contribution in [0.15, 0.2) is 23.1 Å². The van der Waals surface area contributed by atoms with E-state index in [-0.39, 0.29) is 5.75 Å². The van der Waals surface area contributed by atoms with Gasteiger partial charge in [-0.05, 0) is 12.1 Å². The van der Waals surface area contributed by atoms with Crippen LogP contribution in [0.4, 0.5) is 5.69 Å². The standard InChI is InChI=1S/C9H11NO3S/c1-13-7-2-3-8-9(6-7)14(11,12)5-4-10-8/h2-3,6,10H,4-5H2,1H3. The molecule has 1 heterocycles. The number of nitrogens with one attached hydrogen (secondary N) is 1. The summed E-state index contributed by atoms with van der Waals surface area (Å²) in [6.07, 6.45) is 0. The molecule has 0 amide bonds. The first kappa shape index (κ1) is 9.33. The van der Waals surface area contributed by atoms with E-state index in [0.717, 1.165) is 0 Å². The van der Waals surface area contributed by atoms with Crippen LogP contribution in [0.25, 0.3) is 0 Å². The van der Waals surface area contributed by atoms with E-state index in [4.69, 9.17) is 4.74 Å². The Hall–Kier alpha value is -1.23. The second kappa shape index (κ2) is 3.16. The summed E-state index contributed by atoms with van der Waals surface area (Å²) in [7, 11) is -1.60. The number of rotatable bonds is 1. The van der Waals surface area contributed by atoms with E-state index in [9.17, 15) is 8.42 Å². The minimum absolute atomic E-state index is 0.146. The van der Waals surface area contributed by atoms with Gasteiger partial charge in [-0.3, -0.25) is 0 Å². The molecule has 14 heavy (non-hydrogen) atoms. The third-order valence-corrected chi connectivity index (χ3v) is 3.96. The van der Waals surface area contributed by atoms with Gasteiger partial charge in [0.15, 0.2) is 9.84 Å². The highest BCUT2D eigenvalue weighted by Gasteiger charge is 2.23. The molecule has 0 aliphatic carbocycles. The van der Waals surface area contributed by atoms with Gasteiger partial charge >= 0.3 is 0 Å². The smallest absolute Gasteiger partial charge is 0.182 e. The quantitative estimate of drug-likeness (QED) is 0.753. The van der Waals surface area contributed by atoms with E-state index < -0.39 is 9.84 Å². The summed E-state index contributed by atoms with van der Waals surface area (Å²) < 4.78 is 28.3. The fourth-order valence-electron chi connectivity index (χ4n) is 1.46. The summed E-state index contributed by atoms with van der Waals surface area (Å²) in [5, 5.41) is 3.03. The summed E-state index contributed by atoms with van der Waals surface area (Å²) >= 11 is 0. The van der Waals surface area contributed by atoms with E-state index in [1.165, 1.54) is 7.11 Å². The third-order valence-electron chi connectivity index (χ3n) is 2.21. The first-order valence-corrected chi connectivity index (χ1v) is 5.93. The van der Waals surface area contributed by atoms with Crippen molar-refractivity contribution in [2.75, 3.05) is 24.7 Å². The van der Waals surface area contributed by atoms with E-state index in [0.29, 0.717) is 22.9 Å². The second-order valence-electron chi connectivity index (χ2n) is 3.11. The number of ether oxygens (including phenoxy) is 1. The lowest BCUT2D eigenvalue weighted by Crippen LogP contribution is -2.23. The third kappa shape index (κ3) is 1.43. The highest BCUT2D eigenvalue weighted by Crippen LogP contribution is 2.29. The minimum Gasteiger partial charge on any atom is -0.497 e. The number of methoxy groups -OCH3 is 1. The van der Waals surface area contributed by atoms with Gasteiger partial charge in [0, 0.05) is 12.6 Å². The van der Waals surface area contributed by atoms with Crippen molar-refractivity contribution in [3.63, 3.8) is 0 Å². The van der Waals surface area contributed by atoms with E-state index in [1.54, 1.807) is 18.2 Å². The Morgan fingerprint density at radius 3 is 2.93 bits per heavy atom. The van der Waals surface area contributed by atoms with Crippen LogP contribution in [-0.2, 0) is 9.84 Å². The number of fused-ring (bicyclic) bond motifs is 1. The molecule has 0 aromatic heterocycles. The number of sulfone groups is 1. The van der Waals surface area contributed by atoms with Gasteiger partial charge < -0.3 is 10.1 Å². The first-order chi connectivity index (χ1) is 6.63. The molecule has 1 aliphatic heterocycles. The van der Waals surface area contributed by atoms with E-state index >= 15 is 0 Å². The van der Waals surface area contributed by atoms with Crippen LogP contribution in [-0.4, -0.2) is 27.8 Å². The molecular formula is C9H11NO3S. The molecule has 2 rings (SSSR count). The fourth-order valence-corrected chi connectivity index (χ4v) is 2.82. The van der Waals surface area contributed by atoms with Gasteiger partial charge in [0.25, 0.3) is 0 Å². The lowest BCUT2D eigenvalue weighted by atomic mass is 10.3. The zero-order valence-corrected chi connectivity index (χ0v) is 8.60. The maximum absolute atomic E-state index is 11.6. The Morgan fingerprint density at radius 2 is 2.21 bits per heavy atom. The zero-order valence-electron chi connectivity index (χ0n) is 7.78. The van der Waals surface area contributed by atoms with Crippen molar-refractivity contribution in [3.8, 4) is 5.75 Å². The predicted octanol–water partition coefficient (Wildman–Crippen LogP) is 0.894. The van der Waals surface area contributed by atoms with Crippen molar-refractivity contribution in [3.05, 3.63) is 18.2 Å². The van der Waals surface area contributed by atoms with Gasteiger partial charge in [-0.15, -0.1) is 0 Å². The normalized spacial score (nSPS) is 18.1. The molecule has 0 spiro atoms. The molecule has 1 aromatic carbocycles. The number of hydrogen-bond acceptors (Lipinski definition) is 4. The molecule has 1 aliphatic rings. The molecular weight excluding hydrogens is 202 g/mol. The SMILES string of the molecule is COc1ccc2c(c1)S(=O)(=O)CCN2. The Labute approximate surface area is 82.8 Å². The molecule has 0 saturated heterocycles. The van der Waals surface area contributed by atoms with Crippen LogP contribution in [0.3, 0.4) is 0 Å². The maximum Gasteiger partial charge on any atom is 0.182 e. The highest BCUT2D eigenvalue weighted by atomic mass is 32.2. The summed E-state index contributed by atoms with van der Waals surface area (Å²) in [6, 6.07) is 5.02. The van der Waals surface area contributed by atoms with Crippen LogP contribution in [0, 0.1) is 0 Å². The summed E-state index contributed by atoms with van der Waals surface area (Å²) in [5.41, 5.74) is 0.664. The zero-order chi connectivity index (χ0) is 10.2. The van der Waals surface area contributed by atoms with E-state index in [1.807, 2.05) is 0 Å². The summed E-state index contributed by atoms with van der Waals surface area (Å²) in [6.45, 7) is 0.474. The van der Waals surface area contributed by atoms with Gasteiger partial charge in [-0.1, -0.05) is 0 Å². The van der Waals surface area contributed by atoms with Crippen molar-refractivity contribution < 1.29 is 13.2 Å². The average molecular weight is 213 g/mol. The van der Waals surface area contributed by atoms with Gasteiger partial charge in [-0.2, -0.15) is 0 Å². The topological polar surface area (TPSA) is 55.4 Å². The molecule has 0 saturated carbocycles. The lowest BCUT2D eigenvalue weighted by molar-refractivity contribution is 0.413. The van der Waals surface area contributed by atoms with Crippen molar-refractivity contribution in [2.24, 2.45) is 0 Å². The number of anilines is 1. The predicted molar refractivity (Wildman–Crippen MR) is 53.5 cm³/mol. The average Bonchev–Trinajstić information content (AvgIpc) is 2.17. The van der Waals surface area contributed by atoms with Crippen molar-refractivity contribution in [2.45, 2.75) is 4.90 Å². The molecule has 1 N–H and O–H groups in total. The van der Waals surface area contributed by atoms with Crippen LogP contribution >= 0.6 is 0 Å². The number of benzene rings is 1. The van der Waals surface area contributed by atoms with Crippen LogP contribution in [0.2, 0.25) is 0 Å². The minimum atomic E-state index is -3.12. The highest BCUT2D eigenvalue weighted by molar-refractivity contribution is 7.91. The van der Waals surface area contributed by atoms with Crippen molar-refractivity contribution in [1.82, 2.24) is 0 Å². The number of hydrogen-bond donors (Lipinski definition) is 1. The Bertz CT molecular complexity index is 453. The maximum atomic E-state index is 11.6. The van der Waals surface area contributed by atoms with Crippen molar-refractivity contribution >= 4 is 15.5 Å². The van der Waals surface area contributed by atoms with Gasteiger partial charge in [0.1, 0.15) is 5.75 Å². The van der Waals surface area contributed by atoms with Crippen LogP contribution in [0.5, 0.6) is 5.75 Å². The van der Waals surface area contributed by atoms with Gasteiger partial charge in [0.05, 0.1) is 23.4 Å². The van der Waals surface area contributed by atoms with Crippen LogP contribution < -0.4 is 10.1 Å². The molecule has 0 unspecified atom stereocenters. The molecule has 76 valence electrons. The Balaban J connectivity index is 2.61. The van der Waals surface area contributed by atoms with E-state index in [2.05, 4.69) is 5.32 Å². The molecule has 0 atom stereocenters. The molecule has 4 nitrogen and oxygen atoms in total. The molecule has 1 aromatic rings. The molecule has 0 radical (unpaired) electrons. The molecule has 0 bridgehead atoms. The fraction of sp³-hybridized carbons (Fsp3) is 0.333. The monoisotopic (exact) mass is 213 g/mol. The van der Waals surface area contributed by atoms with Crippen molar-refractivity contribution in [1.29, 1.82) is 0 Å². The lowest BCUT2D eigenvalue weighted by Gasteiger charge is -2.18.